The zero-order valence-corrected chi connectivity index (χ0v) is 35.0. The molecule has 0 fully saturated rings. The summed E-state index contributed by atoms with van der Waals surface area (Å²) >= 11 is 3.80. The lowest BCUT2D eigenvalue weighted by Gasteiger charge is -2.10. The lowest BCUT2D eigenvalue weighted by molar-refractivity contribution is 1.18. The Balaban J connectivity index is 0.819. The average Bonchev–Trinajstić information content (AvgIpc) is 4.09. The highest BCUT2D eigenvalue weighted by Gasteiger charge is 2.17. The van der Waals surface area contributed by atoms with Gasteiger partial charge in [-0.25, -0.2) is 0 Å². The van der Waals surface area contributed by atoms with Crippen molar-refractivity contribution in [3.05, 3.63) is 206 Å². The Kier molecular flexibility index (Phi) is 7.18. The summed E-state index contributed by atoms with van der Waals surface area (Å²) in [5, 5.41) is 13.2. The zero-order chi connectivity index (χ0) is 40.5. The highest BCUT2D eigenvalue weighted by molar-refractivity contribution is 7.26. The van der Waals surface area contributed by atoms with Gasteiger partial charge in [0.15, 0.2) is 0 Å². The standard InChI is InChI=1S/C58H34N2S2/c1-5-13-49-41(9-1)42-10-2-6-14-50(42)59(49)39-23-17-35(18-24-39)37-21-27-47-55(33-37)61-53-31-29-46-45(57(47)53)30-32-54-58(46)48-28-22-38(34-56(48)62-54)36-19-25-40(26-20-36)60-51-15-7-3-11-43(51)44-12-4-8-16-52(44)60/h1-34H. The Morgan fingerprint density at radius 1 is 0.242 bits per heavy atom. The SMILES string of the molecule is c1ccc2c(c1)c1ccccc1n2-c1ccc(-c2ccc3c(c2)sc2ccc4c(ccc5sc6cc(-c7ccc(-n8c9ccccc9c9ccccc98)cc7)ccc6c54)c23)cc1. The third-order valence-corrected chi connectivity index (χ3v) is 15.4. The van der Waals surface area contributed by atoms with E-state index in [9.17, 15) is 0 Å². The molecule has 0 saturated carbocycles. The van der Waals surface area contributed by atoms with Gasteiger partial charge in [0.1, 0.15) is 0 Å². The van der Waals surface area contributed by atoms with Gasteiger partial charge in [-0.15, -0.1) is 22.7 Å². The number of nitrogens with zero attached hydrogens (tertiary/aromatic N) is 2. The largest absolute Gasteiger partial charge is 0.309 e. The van der Waals surface area contributed by atoms with Crippen molar-refractivity contribution in [2.45, 2.75) is 0 Å². The Labute approximate surface area is 364 Å². The molecule has 288 valence electrons. The fourth-order valence-corrected chi connectivity index (χ4v) is 12.6. The van der Waals surface area contributed by atoms with E-state index in [1.807, 2.05) is 22.7 Å². The van der Waals surface area contributed by atoms with Crippen molar-refractivity contribution >= 4 is 117 Å². The monoisotopic (exact) mass is 822 g/mol. The molecule has 0 bridgehead atoms. The Bertz CT molecular complexity index is 3760. The van der Waals surface area contributed by atoms with Crippen LogP contribution in [0.3, 0.4) is 0 Å². The summed E-state index contributed by atoms with van der Waals surface area (Å²) in [5.41, 5.74) is 12.2. The summed E-state index contributed by atoms with van der Waals surface area (Å²) in [6.07, 6.45) is 0. The van der Waals surface area contributed by atoms with Crippen molar-refractivity contribution in [2.24, 2.45) is 0 Å². The fourth-order valence-electron chi connectivity index (χ4n) is 10.3. The molecule has 0 amide bonds. The first-order chi connectivity index (χ1) is 30.7. The van der Waals surface area contributed by atoms with Crippen molar-refractivity contribution in [3.8, 4) is 33.6 Å². The predicted octanol–water partition coefficient (Wildman–Crippen LogP) is 17.1. The number of rotatable bonds is 4. The van der Waals surface area contributed by atoms with E-state index >= 15 is 0 Å². The van der Waals surface area contributed by atoms with Gasteiger partial charge in [-0.2, -0.15) is 0 Å². The summed E-state index contributed by atoms with van der Waals surface area (Å²) in [5.74, 6) is 0. The Hall–Kier alpha value is -7.50. The molecular weight excluding hydrogens is 789 g/mol. The van der Waals surface area contributed by atoms with E-state index in [2.05, 4.69) is 215 Å². The van der Waals surface area contributed by atoms with E-state index in [0.29, 0.717) is 0 Å². The maximum Gasteiger partial charge on any atom is 0.0541 e. The van der Waals surface area contributed by atoms with Crippen LogP contribution in [0.15, 0.2) is 206 Å². The van der Waals surface area contributed by atoms with Crippen molar-refractivity contribution in [2.75, 3.05) is 0 Å². The first-order valence-corrected chi connectivity index (χ1v) is 22.8. The second-order valence-corrected chi connectivity index (χ2v) is 18.6. The second kappa shape index (κ2) is 13.0. The summed E-state index contributed by atoms with van der Waals surface area (Å²) in [6.45, 7) is 0. The number of hydrogen-bond acceptors (Lipinski definition) is 2. The molecule has 62 heavy (non-hydrogen) atoms. The van der Waals surface area contributed by atoms with Gasteiger partial charge in [-0.05, 0) is 106 Å². The molecular formula is C58H34N2S2. The van der Waals surface area contributed by atoms with Crippen LogP contribution in [-0.2, 0) is 0 Å². The van der Waals surface area contributed by atoms with Gasteiger partial charge in [0.2, 0.25) is 0 Å². The van der Waals surface area contributed by atoms with Crippen LogP contribution in [-0.4, -0.2) is 9.13 Å². The molecule has 10 aromatic carbocycles. The predicted molar refractivity (Wildman–Crippen MR) is 269 cm³/mol. The maximum absolute atomic E-state index is 2.39. The molecule has 0 radical (unpaired) electrons. The van der Waals surface area contributed by atoms with Gasteiger partial charge in [-0.3, -0.25) is 0 Å². The number of hydrogen-bond donors (Lipinski definition) is 0. The summed E-state index contributed by atoms with van der Waals surface area (Å²) in [6, 6.07) is 76.4. The van der Waals surface area contributed by atoms with E-state index in [0.717, 1.165) is 0 Å². The molecule has 4 heterocycles. The van der Waals surface area contributed by atoms with Gasteiger partial charge in [0, 0.05) is 73.3 Å². The molecule has 0 atom stereocenters. The van der Waals surface area contributed by atoms with Crippen LogP contribution in [0.5, 0.6) is 0 Å². The van der Waals surface area contributed by atoms with Crippen LogP contribution in [0.2, 0.25) is 0 Å². The van der Waals surface area contributed by atoms with E-state index in [1.165, 1.54) is 128 Å². The van der Waals surface area contributed by atoms with E-state index in [4.69, 9.17) is 0 Å². The topological polar surface area (TPSA) is 9.86 Å². The number of benzene rings is 10. The van der Waals surface area contributed by atoms with Crippen molar-refractivity contribution < 1.29 is 0 Å². The van der Waals surface area contributed by atoms with Crippen LogP contribution >= 0.6 is 22.7 Å². The minimum absolute atomic E-state index is 1.18. The zero-order valence-electron chi connectivity index (χ0n) is 33.3. The van der Waals surface area contributed by atoms with Crippen molar-refractivity contribution in [1.29, 1.82) is 0 Å². The van der Waals surface area contributed by atoms with Crippen molar-refractivity contribution in [3.63, 3.8) is 0 Å². The minimum Gasteiger partial charge on any atom is -0.309 e. The van der Waals surface area contributed by atoms with E-state index in [-0.39, 0.29) is 0 Å². The van der Waals surface area contributed by atoms with Crippen LogP contribution in [0.4, 0.5) is 0 Å². The highest BCUT2D eigenvalue weighted by Crippen LogP contribution is 2.46. The molecule has 0 aliphatic rings. The fraction of sp³-hybridized carbons (Fsp3) is 0. The molecule has 0 N–H and O–H groups in total. The molecule has 4 aromatic heterocycles. The molecule has 0 unspecified atom stereocenters. The van der Waals surface area contributed by atoms with Gasteiger partial charge in [0.05, 0.1) is 22.1 Å². The van der Waals surface area contributed by atoms with Gasteiger partial charge < -0.3 is 9.13 Å². The lowest BCUT2D eigenvalue weighted by Crippen LogP contribution is -1.93. The molecule has 14 rings (SSSR count). The summed E-state index contributed by atoms with van der Waals surface area (Å²) < 4.78 is 10.1. The third kappa shape index (κ3) is 4.90. The first kappa shape index (κ1) is 34.2. The number of thiophene rings is 2. The quantitative estimate of drug-likeness (QED) is 0.167. The number of fused-ring (bicyclic) bond motifs is 15. The van der Waals surface area contributed by atoms with Crippen LogP contribution in [0.1, 0.15) is 0 Å². The first-order valence-electron chi connectivity index (χ1n) is 21.2. The summed E-state index contributed by atoms with van der Waals surface area (Å²) in [7, 11) is 0. The van der Waals surface area contributed by atoms with Gasteiger partial charge in [-0.1, -0.05) is 133 Å². The highest BCUT2D eigenvalue weighted by atomic mass is 32.1. The molecule has 0 aliphatic heterocycles. The minimum atomic E-state index is 1.18. The Morgan fingerprint density at radius 2 is 0.565 bits per heavy atom. The van der Waals surface area contributed by atoms with Gasteiger partial charge >= 0.3 is 0 Å². The maximum atomic E-state index is 2.39. The van der Waals surface area contributed by atoms with E-state index in [1.54, 1.807) is 0 Å². The Morgan fingerprint density at radius 3 is 0.935 bits per heavy atom. The van der Waals surface area contributed by atoms with Gasteiger partial charge in [0.25, 0.3) is 0 Å². The molecule has 0 aliphatic carbocycles. The second-order valence-electron chi connectivity index (χ2n) is 16.4. The van der Waals surface area contributed by atoms with E-state index < -0.39 is 0 Å². The molecule has 4 heteroatoms. The smallest absolute Gasteiger partial charge is 0.0541 e. The normalized spacial score (nSPS) is 12.2. The molecule has 0 saturated heterocycles. The number of aromatic nitrogens is 2. The molecule has 14 aromatic rings. The van der Waals surface area contributed by atoms with Crippen LogP contribution in [0, 0.1) is 0 Å². The lowest BCUT2D eigenvalue weighted by atomic mass is 9.97. The van der Waals surface area contributed by atoms with Crippen LogP contribution < -0.4 is 0 Å². The third-order valence-electron chi connectivity index (χ3n) is 13.1. The molecule has 2 nitrogen and oxygen atoms in total. The summed E-state index contributed by atoms with van der Waals surface area (Å²) in [4.78, 5) is 0. The van der Waals surface area contributed by atoms with Crippen LogP contribution in [0.25, 0.3) is 128 Å². The molecule has 0 spiro atoms. The average molecular weight is 823 g/mol. The van der Waals surface area contributed by atoms with Crippen molar-refractivity contribution in [1.82, 2.24) is 9.13 Å². The number of para-hydroxylation sites is 4.